The average molecular weight is 302 g/mol. The van der Waals surface area contributed by atoms with Gasteiger partial charge in [0.05, 0.1) is 6.61 Å². The highest BCUT2D eigenvalue weighted by atomic mass is 16.5. The van der Waals surface area contributed by atoms with Gasteiger partial charge in [0.1, 0.15) is 6.04 Å². The van der Waals surface area contributed by atoms with Crippen LogP contribution in [0.4, 0.5) is 4.79 Å². The Kier molecular flexibility index (Phi) is 5.58. The molecule has 5 nitrogen and oxygen atoms in total. The topological polar surface area (TPSA) is 72.6 Å². The predicted molar refractivity (Wildman–Crippen MR) is 84.2 cm³/mol. The first-order chi connectivity index (χ1) is 10.6. The minimum absolute atomic E-state index is 0.0540. The van der Waals surface area contributed by atoms with Crippen LogP contribution in [0.2, 0.25) is 0 Å². The molecule has 1 aliphatic rings. The number of carbonyl (C=O) groups is 2. The van der Waals surface area contributed by atoms with E-state index in [2.05, 4.69) is 6.58 Å². The van der Waals surface area contributed by atoms with Gasteiger partial charge in [-0.25, -0.2) is 9.59 Å². The second-order valence-corrected chi connectivity index (χ2v) is 5.42. The summed E-state index contributed by atoms with van der Waals surface area (Å²) in [6.07, 6.45) is 4.37. The minimum atomic E-state index is -0.575. The molecule has 0 unspecified atom stereocenters. The van der Waals surface area contributed by atoms with Gasteiger partial charge in [-0.1, -0.05) is 36.4 Å². The second-order valence-electron chi connectivity index (χ2n) is 5.42. The number of esters is 1. The Morgan fingerprint density at radius 2 is 2.05 bits per heavy atom. The summed E-state index contributed by atoms with van der Waals surface area (Å²) in [6, 6.07) is 8.61. The molecule has 5 heteroatoms. The van der Waals surface area contributed by atoms with Crippen LogP contribution in [0.25, 0.3) is 0 Å². The van der Waals surface area contributed by atoms with E-state index in [1.807, 2.05) is 30.3 Å². The molecule has 0 spiro atoms. The number of likely N-dealkylation sites (tertiary alicyclic amines) is 1. The monoisotopic (exact) mass is 302 g/mol. The summed E-state index contributed by atoms with van der Waals surface area (Å²) in [6.45, 7) is 3.98. The lowest BCUT2D eigenvalue weighted by Gasteiger charge is -2.26. The fourth-order valence-corrected chi connectivity index (χ4v) is 2.88. The summed E-state index contributed by atoms with van der Waals surface area (Å²) in [5.74, 6) is -0.374. The molecule has 118 valence electrons. The molecule has 2 rings (SSSR count). The quantitative estimate of drug-likeness (QED) is 0.647. The Bertz CT molecular complexity index is 530. The number of nitrogens with zero attached hydrogens (tertiary/aromatic N) is 1. The normalized spacial score (nSPS) is 20.6. The number of urea groups is 1. The van der Waals surface area contributed by atoms with E-state index >= 15 is 0 Å². The third-order valence-electron chi connectivity index (χ3n) is 3.95. The highest BCUT2D eigenvalue weighted by Crippen LogP contribution is 2.27. The second kappa shape index (κ2) is 7.64. The molecular weight excluding hydrogens is 280 g/mol. The van der Waals surface area contributed by atoms with Gasteiger partial charge in [-0.05, 0) is 24.8 Å². The van der Waals surface area contributed by atoms with Crippen molar-refractivity contribution in [2.45, 2.75) is 37.8 Å². The first-order valence-electron chi connectivity index (χ1n) is 7.52. The highest BCUT2D eigenvalue weighted by molar-refractivity contribution is 5.83. The molecule has 1 fully saturated rings. The van der Waals surface area contributed by atoms with E-state index < -0.39 is 12.1 Å². The number of benzene rings is 1. The van der Waals surface area contributed by atoms with Gasteiger partial charge in [0, 0.05) is 12.5 Å². The maximum absolute atomic E-state index is 12.2. The van der Waals surface area contributed by atoms with Crippen LogP contribution in [-0.2, 0) is 16.0 Å². The molecule has 1 aromatic carbocycles. The number of primary amides is 1. The van der Waals surface area contributed by atoms with Crippen LogP contribution in [0.1, 0.15) is 24.8 Å². The van der Waals surface area contributed by atoms with Crippen molar-refractivity contribution in [2.75, 3.05) is 6.61 Å². The van der Waals surface area contributed by atoms with E-state index in [1.165, 1.54) is 4.90 Å². The minimum Gasteiger partial charge on any atom is -0.464 e. The lowest BCUT2D eigenvalue weighted by molar-refractivity contribution is -0.148. The molecule has 1 aliphatic heterocycles. The molecule has 0 aromatic heterocycles. The van der Waals surface area contributed by atoms with Crippen molar-refractivity contribution in [3.05, 3.63) is 48.6 Å². The van der Waals surface area contributed by atoms with Crippen LogP contribution >= 0.6 is 0 Å². The third-order valence-corrected chi connectivity index (χ3v) is 3.95. The maximum atomic E-state index is 12.2. The molecule has 0 radical (unpaired) electrons. The summed E-state index contributed by atoms with van der Waals surface area (Å²) in [5.41, 5.74) is 6.52. The Morgan fingerprint density at radius 1 is 1.32 bits per heavy atom. The molecule has 0 saturated carbocycles. The van der Waals surface area contributed by atoms with E-state index in [1.54, 1.807) is 6.08 Å². The van der Waals surface area contributed by atoms with E-state index in [0.29, 0.717) is 25.9 Å². The van der Waals surface area contributed by atoms with Gasteiger partial charge >= 0.3 is 12.0 Å². The third kappa shape index (κ3) is 3.87. The number of nitrogens with two attached hydrogens (primary N) is 1. The van der Waals surface area contributed by atoms with Gasteiger partial charge in [-0.15, -0.1) is 6.58 Å². The van der Waals surface area contributed by atoms with Gasteiger partial charge in [-0.3, -0.25) is 0 Å². The highest BCUT2D eigenvalue weighted by Gasteiger charge is 2.40. The molecule has 22 heavy (non-hydrogen) atoms. The number of amides is 2. The van der Waals surface area contributed by atoms with Gasteiger partial charge in [-0.2, -0.15) is 0 Å². The maximum Gasteiger partial charge on any atom is 0.328 e. The first-order valence-corrected chi connectivity index (χ1v) is 7.52. The van der Waals surface area contributed by atoms with E-state index in [-0.39, 0.29) is 12.0 Å². The molecule has 0 bridgehead atoms. The van der Waals surface area contributed by atoms with Crippen LogP contribution in [0, 0.1) is 0 Å². The Labute approximate surface area is 130 Å². The van der Waals surface area contributed by atoms with Crippen molar-refractivity contribution < 1.29 is 14.3 Å². The predicted octanol–water partition coefficient (Wildman–Crippen LogP) is 2.26. The van der Waals surface area contributed by atoms with Crippen molar-refractivity contribution in [2.24, 2.45) is 5.73 Å². The number of ether oxygens (including phenoxy) is 1. The van der Waals surface area contributed by atoms with E-state index in [4.69, 9.17) is 10.5 Å². The Morgan fingerprint density at radius 3 is 2.68 bits per heavy atom. The number of carbonyl (C=O) groups excluding carboxylic acids is 2. The van der Waals surface area contributed by atoms with Crippen molar-refractivity contribution >= 4 is 12.0 Å². The number of hydrogen-bond donors (Lipinski definition) is 1. The summed E-state index contributed by atoms with van der Waals surface area (Å²) in [7, 11) is 0. The Hall–Kier alpha value is -2.30. The fraction of sp³-hybridized carbons (Fsp3) is 0.412. The van der Waals surface area contributed by atoms with Gasteiger partial charge in [0.25, 0.3) is 0 Å². The summed E-state index contributed by atoms with van der Waals surface area (Å²) >= 11 is 0. The van der Waals surface area contributed by atoms with Gasteiger partial charge in [0.2, 0.25) is 0 Å². The molecule has 1 aromatic rings. The molecule has 1 saturated heterocycles. The van der Waals surface area contributed by atoms with Crippen LogP contribution in [0.5, 0.6) is 0 Å². The lowest BCUT2D eigenvalue weighted by Crippen LogP contribution is -2.48. The summed E-state index contributed by atoms with van der Waals surface area (Å²) in [4.78, 5) is 25.2. The zero-order valence-corrected chi connectivity index (χ0v) is 12.6. The van der Waals surface area contributed by atoms with Crippen molar-refractivity contribution in [1.29, 1.82) is 0 Å². The van der Waals surface area contributed by atoms with Crippen LogP contribution < -0.4 is 5.73 Å². The number of rotatable bonds is 6. The number of hydrogen-bond acceptors (Lipinski definition) is 3. The van der Waals surface area contributed by atoms with E-state index in [9.17, 15) is 9.59 Å². The fourth-order valence-electron chi connectivity index (χ4n) is 2.88. The SMILES string of the molecule is C=CC[C@H]1CC[C@@H](C(=O)OCCc2ccccc2)N1C(N)=O. The van der Waals surface area contributed by atoms with Gasteiger partial charge in [0.15, 0.2) is 0 Å². The van der Waals surface area contributed by atoms with Crippen LogP contribution in [0.3, 0.4) is 0 Å². The molecule has 2 atom stereocenters. The van der Waals surface area contributed by atoms with Crippen molar-refractivity contribution in [3.63, 3.8) is 0 Å². The Balaban J connectivity index is 1.88. The molecular formula is C17H22N2O3. The van der Waals surface area contributed by atoms with E-state index in [0.717, 1.165) is 12.0 Å². The zero-order chi connectivity index (χ0) is 15.9. The lowest BCUT2D eigenvalue weighted by atomic mass is 10.1. The molecule has 2 N–H and O–H groups in total. The standard InChI is InChI=1S/C17H22N2O3/c1-2-6-14-9-10-15(19(14)17(18)21)16(20)22-12-11-13-7-4-3-5-8-13/h2-5,7-8,14-15H,1,6,9-12H2,(H2,18,21)/t14-,15-/m0/s1. The average Bonchev–Trinajstić information content (AvgIpc) is 2.93. The zero-order valence-electron chi connectivity index (χ0n) is 12.6. The van der Waals surface area contributed by atoms with Crippen LogP contribution in [0.15, 0.2) is 43.0 Å². The molecule has 2 amide bonds. The summed E-state index contributed by atoms with van der Waals surface area (Å²) < 4.78 is 5.32. The van der Waals surface area contributed by atoms with Crippen LogP contribution in [-0.4, -0.2) is 35.6 Å². The van der Waals surface area contributed by atoms with Crippen molar-refractivity contribution in [3.8, 4) is 0 Å². The molecule has 0 aliphatic carbocycles. The first kappa shape index (κ1) is 16.1. The van der Waals surface area contributed by atoms with Crippen molar-refractivity contribution in [1.82, 2.24) is 4.90 Å². The smallest absolute Gasteiger partial charge is 0.328 e. The molecule has 1 heterocycles. The largest absolute Gasteiger partial charge is 0.464 e. The summed E-state index contributed by atoms with van der Waals surface area (Å²) in [5, 5.41) is 0. The van der Waals surface area contributed by atoms with Gasteiger partial charge < -0.3 is 15.4 Å².